The first-order chi connectivity index (χ1) is 19.8. The zero-order valence-corrected chi connectivity index (χ0v) is 23.5. The second-order valence-corrected chi connectivity index (χ2v) is 9.27. The van der Waals surface area contributed by atoms with E-state index in [1.54, 1.807) is 75.6 Å². The topological polar surface area (TPSA) is 114 Å². The van der Waals surface area contributed by atoms with E-state index in [0.717, 1.165) is 4.68 Å². The highest BCUT2D eigenvalue weighted by atomic mass is 35.5. The minimum atomic E-state index is -0.955. The zero-order chi connectivity index (χ0) is 29.1. The summed E-state index contributed by atoms with van der Waals surface area (Å²) < 4.78 is 29.1. The van der Waals surface area contributed by atoms with E-state index in [2.05, 4.69) is 5.10 Å². The van der Waals surface area contributed by atoms with Gasteiger partial charge >= 0.3 is 5.97 Å². The minimum absolute atomic E-state index is 0.166. The number of ether oxygens (including phenoxy) is 4. The maximum atomic E-state index is 13.7. The lowest BCUT2D eigenvalue weighted by Crippen LogP contribution is -2.26. The third kappa shape index (κ3) is 5.46. The Morgan fingerprint density at radius 1 is 1.07 bits per heavy atom. The fourth-order valence-corrected chi connectivity index (χ4v) is 4.50. The maximum absolute atomic E-state index is 13.7. The van der Waals surface area contributed by atoms with Gasteiger partial charge in [0.15, 0.2) is 23.4 Å². The lowest BCUT2D eigenvalue weighted by Gasteiger charge is -2.18. The molecule has 0 fully saturated rings. The summed E-state index contributed by atoms with van der Waals surface area (Å²) in [6.45, 7) is 3.46. The molecule has 0 unspecified atom stereocenters. The summed E-state index contributed by atoms with van der Waals surface area (Å²) in [7, 11) is 3.01. The lowest BCUT2D eigenvalue weighted by molar-refractivity contribution is -0.150. The van der Waals surface area contributed by atoms with Crippen molar-refractivity contribution in [1.29, 1.82) is 0 Å². The number of hydrogen-bond donors (Lipinski definition) is 0. The Balaban J connectivity index is 1.68. The van der Waals surface area contributed by atoms with Crippen LogP contribution in [0.25, 0.3) is 33.5 Å². The van der Waals surface area contributed by atoms with Crippen LogP contribution in [0.5, 0.6) is 17.2 Å². The number of nitrogens with zero attached hydrogens (tertiary/aromatic N) is 3. The second kappa shape index (κ2) is 11.7. The molecule has 0 aliphatic rings. The predicted molar refractivity (Wildman–Crippen MR) is 155 cm³/mol. The quantitative estimate of drug-likeness (QED) is 0.163. The van der Waals surface area contributed by atoms with Gasteiger partial charge in [0, 0.05) is 16.7 Å². The van der Waals surface area contributed by atoms with E-state index >= 15 is 0 Å². The molecule has 11 heteroatoms. The number of methoxy groups -OCH3 is 2. The average molecular weight is 576 g/mol. The molecule has 5 rings (SSSR count). The second-order valence-electron chi connectivity index (χ2n) is 8.84. The van der Waals surface area contributed by atoms with Crippen molar-refractivity contribution in [2.75, 3.05) is 20.8 Å². The van der Waals surface area contributed by atoms with Gasteiger partial charge < -0.3 is 23.4 Å². The van der Waals surface area contributed by atoms with Crippen LogP contribution in [0.1, 0.15) is 19.4 Å². The summed E-state index contributed by atoms with van der Waals surface area (Å²) in [5, 5.41) is 5.90. The average Bonchev–Trinajstić information content (AvgIpc) is 3.42. The van der Waals surface area contributed by atoms with Gasteiger partial charge in [-0.05, 0) is 50.2 Å². The molecule has 0 aliphatic carbocycles. The van der Waals surface area contributed by atoms with Crippen molar-refractivity contribution < 1.29 is 28.2 Å². The molecule has 0 aliphatic heterocycles. The number of fused-ring (bicyclic) bond motifs is 2. The lowest BCUT2D eigenvalue weighted by atomic mass is 10.2. The van der Waals surface area contributed by atoms with Crippen molar-refractivity contribution in [1.82, 2.24) is 9.66 Å². The molecular formula is C30H26ClN3O7. The molecule has 1 atom stereocenters. The molecule has 5 aromatic rings. The van der Waals surface area contributed by atoms with Crippen molar-refractivity contribution in [2.24, 2.45) is 5.10 Å². The molecule has 0 radical (unpaired) electrons. The summed E-state index contributed by atoms with van der Waals surface area (Å²) >= 11 is 6.34. The number of benzene rings is 3. The molecule has 2 aromatic heterocycles. The number of para-hydroxylation sites is 1. The zero-order valence-electron chi connectivity index (χ0n) is 22.7. The third-order valence-electron chi connectivity index (χ3n) is 6.21. The molecule has 210 valence electrons. The first-order valence-electron chi connectivity index (χ1n) is 12.7. The van der Waals surface area contributed by atoms with E-state index in [4.69, 9.17) is 39.9 Å². The van der Waals surface area contributed by atoms with E-state index in [-0.39, 0.29) is 23.9 Å². The predicted octanol–water partition coefficient (Wildman–Crippen LogP) is 5.69. The molecule has 0 saturated carbocycles. The molecule has 0 saturated heterocycles. The Kier molecular flexibility index (Phi) is 7.93. The van der Waals surface area contributed by atoms with Crippen molar-refractivity contribution in [3.05, 3.63) is 81.6 Å². The number of esters is 1. The van der Waals surface area contributed by atoms with Gasteiger partial charge in [-0.2, -0.15) is 9.78 Å². The van der Waals surface area contributed by atoms with Crippen LogP contribution >= 0.6 is 11.6 Å². The Hall–Kier alpha value is -4.83. The Morgan fingerprint density at radius 2 is 1.85 bits per heavy atom. The largest absolute Gasteiger partial charge is 0.496 e. The van der Waals surface area contributed by atoms with Crippen LogP contribution in [0, 0.1) is 0 Å². The summed E-state index contributed by atoms with van der Waals surface area (Å²) in [6, 6.07) is 17.2. The molecule has 0 spiro atoms. The van der Waals surface area contributed by atoms with Gasteiger partial charge in [0.05, 0.1) is 43.3 Å². The highest BCUT2D eigenvalue weighted by molar-refractivity contribution is 6.31. The standard InChI is InChI=1S/C30H26ClN3O7/c1-5-39-30(36)17(2)40-27-18(13-19(31)14-25(27)38-4)16-32-34-28(33-22-10-7-6-9-20(22)29(34)35)26-15-21-23(37-3)11-8-12-24(21)41-26/h6-17H,5H2,1-4H3/t17-/m0/s1. The SMILES string of the molecule is CCOC(=O)[C@H](C)Oc1c(C=Nn2c(-c3cc4c(OC)cccc4o3)nc3ccccc3c2=O)cc(Cl)cc1OC. The van der Waals surface area contributed by atoms with Gasteiger partial charge in [0.1, 0.15) is 11.3 Å². The van der Waals surface area contributed by atoms with Crippen LogP contribution in [0.3, 0.4) is 0 Å². The van der Waals surface area contributed by atoms with Gasteiger partial charge in [-0.1, -0.05) is 29.8 Å². The number of aromatic nitrogens is 2. The van der Waals surface area contributed by atoms with Gasteiger partial charge in [0.2, 0.25) is 5.82 Å². The number of rotatable bonds is 9. The van der Waals surface area contributed by atoms with Crippen molar-refractivity contribution in [3.63, 3.8) is 0 Å². The molecule has 3 aromatic carbocycles. The fraction of sp³-hybridized carbons (Fsp3) is 0.200. The first kappa shape index (κ1) is 27.7. The highest BCUT2D eigenvalue weighted by Gasteiger charge is 2.22. The third-order valence-corrected chi connectivity index (χ3v) is 6.43. The Bertz CT molecular complexity index is 1840. The molecule has 41 heavy (non-hydrogen) atoms. The van der Waals surface area contributed by atoms with Crippen molar-refractivity contribution in [2.45, 2.75) is 20.0 Å². The van der Waals surface area contributed by atoms with Crippen LogP contribution in [-0.2, 0) is 9.53 Å². The van der Waals surface area contributed by atoms with Gasteiger partial charge in [-0.15, -0.1) is 0 Å². The fourth-order valence-electron chi connectivity index (χ4n) is 4.28. The molecule has 10 nitrogen and oxygen atoms in total. The van der Waals surface area contributed by atoms with E-state index in [9.17, 15) is 9.59 Å². The molecular weight excluding hydrogens is 550 g/mol. The smallest absolute Gasteiger partial charge is 0.347 e. The van der Waals surface area contributed by atoms with Crippen LogP contribution < -0.4 is 19.8 Å². The molecule has 0 amide bonds. The summed E-state index contributed by atoms with van der Waals surface area (Å²) in [4.78, 5) is 30.7. The summed E-state index contributed by atoms with van der Waals surface area (Å²) in [6.07, 6.45) is 0.426. The van der Waals surface area contributed by atoms with E-state index in [1.165, 1.54) is 13.3 Å². The number of carbonyl (C=O) groups excluding carboxylic acids is 1. The van der Waals surface area contributed by atoms with E-state index < -0.39 is 17.6 Å². The Labute approximate surface area is 239 Å². The van der Waals surface area contributed by atoms with Gasteiger partial charge in [0.25, 0.3) is 5.56 Å². The van der Waals surface area contributed by atoms with E-state index in [1.807, 2.05) is 6.07 Å². The monoisotopic (exact) mass is 575 g/mol. The number of carbonyl (C=O) groups is 1. The molecule has 2 heterocycles. The molecule has 0 bridgehead atoms. The van der Waals surface area contributed by atoms with Crippen LogP contribution in [0.4, 0.5) is 0 Å². The summed E-state index contributed by atoms with van der Waals surface area (Å²) in [5.41, 5.74) is 0.956. The Morgan fingerprint density at radius 3 is 2.61 bits per heavy atom. The maximum Gasteiger partial charge on any atom is 0.347 e. The highest BCUT2D eigenvalue weighted by Crippen LogP contribution is 2.36. The number of halogens is 1. The van der Waals surface area contributed by atoms with Crippen LogP contribution in [-0.4, -0.2) is 48.8 Å². The van der Waals surface area contributed by atoms with Gasteiger partial charge in [-0.3, -0.25) is 4.79 Å². The van der Waals surface area contributed by atoms with Crippen molar-refractivity contribution in [3.8, 4) is 28.8 Å². The molecule has 0 N–H and O–H groups in total. The van der Waals surface area contributed by atoms with Crippen molar-refractivity contribution >= 4 is 45.7 Å². The number of furan rings is 1. The van der Waals surface area contributed by atoms with Gasteiger partial charge in [-0.25, -0.2) is 9.78 Å². The van der Waals surface area contributed by atoms with E-state index in [0.29, 0.717) is 44.0 Å². The van der Waals surface area contributed by atoms with Crippen LogP contribution in [0.2, 0.25) is 5.02 Å². The normalized spacial score (nSPS) is 12.1. The first-order valence-corrected chi connectivity index (χ1v) is 13.1. The number of hydrogen-bond acceptors (Lipinski definition) is 9. The van der Waals surface area contributed by atoms with Crippen LogP contribution in [0.15, 0.2) is 75.0 Å². The summed E-state index contributed by atoms with van der Waals surface area (Å²) in [5.74, 6) is 0.992. The minimum Gasteiger partial charge on any atom is -0.496 e.